The van der Waals surface area contributed by atoms with E-state index in [9.17, 15) is 0 Å². The average Bonchev–Trinajstić information content (AvgIpc) is 2.41. The van der Waals surface area contributed by atoms with Gasteiger partial charge in [-0.3, -0.25) is 0 Å². The van der Waals surface area contributed by atoms with Crippen LogP contribution in [0, 0.1) is 6.92 Å². The van der Waals surface area contributed by atoms with E-state index in [0.717, 1.165) is 32.5 Å². The van der Waals surface area contributed by atoms with Gasteiger partial charge in [0.1, 0.15) is 0 Å². The molecule has 0 heterocycles. The van der Waals surface area contributed by atoms with Crippen LogP contribution in [0.15, 0.2) is 24.3 Å². The Morgan fingerprint density at radius 2 is 1.84 bits per heavy atom. The lowest BCUT2D eigenvalue weighted by molar-refractivity contribution is 0.190. The van der Waals surface area contributed by atoms with Crippen molar-refractivity contribution in [3.05, 3.63) is 35.4 Å². The molecule has 0 fully saturated rings. The van der Waals surface area contributed by atoms with E-state index in [2.05, 4.69) is 48.3 Å². The monoisotopic (exact) mass is 264 g/mol. The standard InChI is InChI=1S/C16H28N2O/c1-4-10-18(12-13-19)11-9-16(17-3)15-7-5-14(2)6-8-15/h5-8,16-17,19H,4,9-13H2,1-3H3. The smallest absolute Gasteiger partial charge is 0.0558 e. The van der Waals surface area contributed by atoms with Crippen LogP contribution in [-0.2, 0) is 0 Å². The van der Waals surface area contributed by atoms with Gasteiger partial charge >= 0.3 is 0 Å². The second-order valence-corrected chi connectivity index (χ2v) is 5.11. The van der Waals surface area contributed by atoms with Crippen molar-refractivity contribution in [1.82, 2.24) is 10.2 Å². The number of aliphatic hydroxyl groups excluding tert-OH is 1. The fraction of sp³-hybridized carbons (Fsp3) is 0.625. The molecule has 0 aliphatic heterocycles. The van der Waals surface area contributed by atoms with Crippen molar-refractivity contribution in [3.8, 4) is 0 Å². The summed E-state index contributed by atoms with van der Waals surface area (Å²) in [5.41, 5.74) is 2.64. The molecule has 2 N–H and O–H groups in total. The number of hydrogen-bond donors (Lipinski definition) is 2. The number of nitrogens with one attached hydrogen (secondary N) is 1. The number of benzene rings is 1. The van der Waals surface area contributed by atoms with E-state index in [-0.39, 0.29) is 6.61 Å². The lowest BCUT2D eigenvalue weighted by Crippen LogP contribution is -2.31. The molecular formula is C16H28N2O. The SMILES string of the molecule is CCCN(CCO)CCC(NC)c1ccc(C)cc1. The van der Waals surface area contributed by atoms with Crippen molar-refractivity contribution in [2.45, 2.75) is 32.7 Å². The van der Waals surface area contributed by atoms with Gasteiger partial charge in [-0.05, 0) is 38.9 Å². The number of aliphatic hydroxyl groups is 1. The third kappa shape index (κ3) is 5.72. The van der Waals surface area contributed by atoms with Crippen LogP contribution >= 0.6 is 0 Å². The van der Waals surface area contributed by atoms with Gasteiger partial charge in [-0.1, -0.05) is 36.8 Å². The van der Waals surface area contributed by atoms with Gasteiger partial charge in [0.05, 0.1) is 6.61 Å². The minimum absolute atomic E-state index is 0.245. The molecule has 0 aliphatic rings. The first-order valence-corrected chi connectivity index (χ1v) is 7.28. The van der Waals surface area contributed by atoms with Crippen LogP contribution < -0.4 is 5.32 Å². The molecule has 0 bridgehead atoms. The highest BCUT2D eigenvalue weighted by molar-refractivity contribution is 5.24. The van der Waals surface area contributed by atoms with Crippen LogP contribution in [0.1, 0.15) is 36.9 Å². The zero-order chi connectivity index (χ0) is 14.1. The largest absolute Gasteiger partial charge is 0.395 e. The lowest BCUT2D eigenvalue weighted by atomic mass is 10.0. The second kappa shape index (κ2) is 9.08. The van der Waals surface area contributed by atoms with E-state index in [0.29, 0.717) is 6.04 Å². The van der Waals surface area contributed by atoms with E-state index >= 15 is 0 Å². The van der Waals surface area contributed by atoms with Gasteiger partial charge in [0, 0.05) is 19.1 Å². The Morgan fingerprint density at radius 1 is 1.16 bits per heavy atom. The molecule has 1 rings (SSSR count). The fourth-order valence-electron chi connectivity index (χ4n) is 2.38. The molecule has 0 radical (unpaired) electrons. The Kier molecular flexibility index (Phi) is 7.72. The average molecular weight is 264 g/mol. The Labute approximate surface area is 117 Å². The van der Waals surface area contributed by atoms with Gasteiger partial charge in [-0.25, -0.2) is 0 Å². The molecule has 0 saturated carbocycles. The zero-order valence-electron chi connectivity index (χ0n) is 12.5. The van der Waals surface area contributed by atoms with Crippen LogP contribution in [0.4, 0.5) is 0 Å². The summed E-state index contributed by atoms with van der Waals surface area (Å²) < 4.78 is 0. The Balaban J connectivity index is 2.53. The second-order valence-electron chi connectivity index (χ2n) is 5.11. The number of rotatable bonds is 9. The van der Waals surface area contributed by atoms with E-state index in [1.807, 2.05) is 7.05 Å². The van der Waals surface area contributed by atoms with Gasteiger partial charge in [0.2, 0.25) is 0 Å². The van der Waals surface area contributed by atoms with E-state index in [1.165, 1.54) is 11.1 Å². The van der Waals surface area contributed by atoms with Crippen molar-refractivity contribution < 1.29 is 5.11 Å². The van der Waals surface area contributed by atoms with Crippen LogP contribution in [0.25, 0.3) is 0 Å². The van der Waals surface area contributed by atoms with E-state index < -0.39 is 0 Å². The van der Waals surface area contributed by atoms with Crippen molar-refractivity contribution in [2.24, 2.45) is 0 Å². The van der Waals surface area contributed by atoms with Gasteiger partial charge in [-0.15, -0.1) is 0 Å². The third-order valence-corrected chi connectivity index (χ3v) is 3.52. The van der Waals surface area contributed by atoms with Crippen molar-refractivity contribution in [2.75, 3.05) is 33.3 Å². The minimum Gasteiger partial charge on any atom is -0.395 e. The Hall–Kier alpha value is -0.900. The van der Waals surface area contributed by atoms with Crippen LogP contribution in [-0.4, -0.2) is 43.3 Å². The molecule has 1 aromatic rings. The van der Waals surface area contributed by atoms with Crippen LogP contribution in [0.5, 0.6) is 0 Å². The molecule has 0 spiro atoms. The highest BCUT2D eigenvalue weighted by Crippen LogP contribution is 2.17. The quantitative estimate of drug-likeness (QED) is 0.718. The topological polar surface area (TPSA) is 35.5 Å². The number of hydrogen-bond acceptors (Lipinski definition) is 3. The van der Waals surface area contributed by atoms with Crippen LogP contribution in [0.3, 0.4) is 0 Å². The van der Waals surface area contributed by atoms with Gasteiger partial charge in [0.25, 0.3) is 0 Å². The van der Waals surface area contributed by atoms with Gasteiger partial charge in [0.15, 0.2) is 0 Å². The molecule has 19 heavy (non-hydrogen) atoms. The summed E-state index contributed by atoms with van der Waals surface area (Å²) in [5, 5.41) is 12.5. The maximum atomic E-state index is 9.08. The van der Waals surface area contributed by atoms with Gasteiger partial charge in [-0.2, -0.15) is 0 Å². The first kappa shape index (κ1) is 16.2. The van der Waals surface area contributed by atoms with Gasteiger partial charge < -0.3 is 15.3 Å². The normalized spacial score (nSPS) is 12.9. The maximum absolute atomic E-state index is 9.08. The molecule has 0 amide bonds. The van der Waals surface area contributed by atoms with Crippen molar-refractivity contribution in [1.29, 1.82) is 0 Å². The zero-order valence-corrected chi connectivity index (χ0v) is 12.5. The Bertz CT molecular complexity index is 331. The predicted molar refractivity (Wildman–Crippen MR) is 81.4 cm³/mol. The summed E-state index contributed by atoms with van der Waals surface area (Å²) in [5.74, 6) is 0. The molecule has 1 aromatic carbocycles. The summed E-state index contributed by atoms with van der Waals surface area (Å²) in [6.45, 7) is 7.40. The predicted octanol–water partition coefficient (Wildman–Crippen LogP) is 2.35. The number of nitrogens with zero attached hydrogens (tertiary/aromatic N) is 1. The summed E-state index contributed by atoms with van der Waals surface area (Å²) in [6, 6.07) is 9.12. The summed E-state index contributed by atoms with van der Waals surface area (Å²) in [4.78, 5) is 2.33. The highest BCUT2D eigenvalue weighted by atomic mass is 16.3. The van der Waals surface area contributed by atoms with Crippen molar-refractivity contribution >= 4 is 0 Å². The summed E-state index contributed by atoms with van der Waals surface area (Å²) in [6.07, 6.45) is 2.20. The third-order valence-electron chi connectivity index (χ3n) is 3.52. The summed E-state index contributed by atoms with van der Waals surface area (Å²) in [7, 11) is 2.01. The summed E-state index contributed by atoms with van der Waals surface area (Å²) >= 11 is 0. The molecule has 108 valence electrons. The maximum Gasteiger partial charge on any atom is 0.0558 e. The molecule has 3 nitrogen and oxygen atoms in total. The molecule has 1 atom stereocenters. The minimum atomic E-state index is 0.245. The number of aryl methyl sites for hydroxylation is 1. The molecule has 0 aromatic heterocycles. The van der Waals surface area contributed by atoms with Crippen LogP contribution in [0.2, 0.25) is 0 Å². The molecule has 0 saturated heterocycles. The Morgan fingerprint density at radius 3 is 2.37 bits per heavy atom. The van der Waals surface area contributed by atoms with E-state index in [1.54, 1.807) is 0 Å². The molecule has 3 heteroatoms. The van der Waals surface area contributed by atoms with Crippen molar-refractivity contribution in [3.63, 3.8) is 0 Å². The molecule has 1 unspecified atom stereocenters. The highest BCUT2D eigenvalue weighted by Gasteiger charge is 2.11. The molecule has 0 aliphatic carbocycles. The first-order valence-electron chi connectivity index (χ1n) is 7.28. The fourth-order valence-corrected chi connectivity index (χ4v) is 2.38. The first-order chi connectivity index (χ1) is 9.21. The van der Waals surface area contributed by atoms with E-state index in [4.69, 9.17) is 5.11 Å². The lowest BCUT2D eigenvalue weighted by Gasteiger charge is -2.24. The molecular weight excluding hydrogens is 236 g/mol.